The minimum atomic E-state index is -0.107. The number of hydrogen-bond donors (Lipinski definition) is 1. The lowest BCUT2D eigenvalue weighted by Crippen LogP contribution is -2.45. The Bertz CT molecular complexity index is 742. The van der Waals surface area contributed by atoms with E-state index < -0.39 is 0 Å². The lowest BCUT2D eigenvalue weighted by Gasteiger charge is -2.35. The van der Waals surface area contributed by atoms with Gasteiger partial charge in [0.2, 0.25) is 0 Å². The number of ether oxygens (including phenoxy) is 1. The van der Waals surface area contributed by atoms with E-state index in [1.54, 1.807) is 4.90 Å². The van der Waals surface area contributed by atoms with Crippen molar-refractivity contribution in [2.24, 2.45) is 0 Å². The Morgan fingerprint density at radius 3 is 2.79 bits per heavy atom. The number of amides is 2. The Balaban J connectivity index is 1.90. The van der Waals surface area contributed by atoms with Gasteiger partial charge in [-0.2, -0.15) is 0 Å². The van der Waals surface area contributed by atoms with Crippen molar-refractivity contribution < 1.29 is 9.53 Å². The third-order valence-corrected chi connectivity index (χ3v) is 4.43. The third kappa shape index (κ3) is 3.23. The molecule has 2 amide bonds. The predicted octanol–water partition coefficient (Wildman–Crippen LogP) is 4.77. The van der Waals surface area contributed by atoms with E-state index in [0.29, 0.717) is 6.54 Å². The lowest BCUT2D eigenvalue weighted by molar-refractivity contribution is 0.188. The molecule has 4 heteroatoms. The number of anilines is 2. The summed E-state index contributed by atoms with van der Waals surface area (Å²) in [6.45, 7) is 6.75. The van der Waals surface area contributed by atoms with E-state index in [4.69, 9.17) is 4.74 Å². The molecule has 24 heavy (non-hydrogen) atoms. The SMILES string of the molecule is CCc1ccccc1NC(=O)N1C[C@H](CC)Oc2ccc(C)cc21. The standard InChI is InChI=1S/C20H24N2O2/c1-4-15-8-6-7-9-17(15)21-20(23)22-13-16(5-2)24-19-11-10-14(3)12-18(19)22/h6-12,16H,4-5,13H2,1-3H3,(H,21,23)/t16-/m0/s1. The molecule has 1 aliphatic heterocycles. The van der Waals surface area contributed by atoms with Gasteiger partial charge in [-0.25, -0.2) is 4.79 Å². The Labute approximate surface area is 143 Å². The highest BCUT2D eigenvalue weighted by Gasteiger charge is 2.29. The summed E-state index contributed by atoms with van der Waals surface area (Å²) >= 11 is 0. The normalized spacial score (nSPS) is 16.3. The number of urea groups is 1. The molecule has 1 atom stereocenters. The maximum atomic E-state index is 12.9. The van der Waals surface area contributed by atoms with Crippen molar-refractivity contribution in [2.45, 2.75) is 39.7 Å². The molecule has 1 heterocycles. The summed E-state index contributed by atoms with van der Waals surface area (Å²) in [7, 11) is 0. The van der Waals surface area contributed by atoms with Crippen molar-refractivity contribution >= 4 is 17.4 Å². The highest BCUT2D eigenvalue weighted by molar-refractivity contribution is 6.03. The van der Waals surface area contributed by atoms with Crippen LogP contribution in [0.2, 0.25) is 0 Å². The maximum absolute atomic E-state index is 12.9. The molecule has 0 fully saturated rings. The molecule has 2 aromatic rings. The van der Waals surface area contributed by atoms with Gasteiger partial charge in [0.15, 0.2) is 0 Å². The molecule has 0 saturated heterocycles. The van der Waals surface area contributed by atoms with Crippen LogP contribution >= 0.6 is 0 Å². The first-order valence-electron chi connectivity index (χ1n) is 8.56. The zero-order valence-electron chi connectivity index (χ0n) is 14.5. The van der Waals surface area contributed by atoms with Crippen molar-refractivity contribution in [3.05, 3.63) is 53.6 Å². The van der Waals surface area contributed by atoms with E-state index in [9.17, 15) is 4.79 Å². The van der Waals surface area contributed by atoms with Crippen LogP contribution in [0, 0.1) is 6.92 Å². The molecule has 0 spiro atoms. The van der Waals surface area contributed by atoms with Crippen LogP contribution in [-0.4, -0.2) is 18.7 Å². The van der Waals surface area contributed by atoms with Crippen LogP contribution in [-0.2, 0) is 6.42 Å². The second kappa shape index (κ2) is 6.95. The molecule has 2 aromatic carbocycles. The Morgan fingerprint density at radius 2 is 2.04 bits per heavy atom. The number of carbonyl (C=O) groups is 1. The van der Waals surface area contributed by atoms with E-state index in [0.717, 1.165) is 41.1 Å². The van der Waals surface area contributed by atoms with Crippen molar-refractivity contribution in [3.8, 4) is 5.75 Å². The molecule has 3 rings (SSSR count). The molecular formula is C20H24N2O2. The summed E-state index contributed by atoms with van der Waals surface area (Å²) in [5, 5.41) is 3.07. The number of hydrogen-bond acceptors (Lipinski definition) is 2. The predicted molar refractivity (Wildman–Crippen MR) is 98.1 cm³/mol. The van der Waals surface area contributed by atoms with E-state index in [2.05, 4.69) is 19.2 Å². The molecule has 1 N–H and O–H groups in total. The summed E-state index contributed by atoms with van der Waals surface area (Å²) in [6.07, 6.45) is 1.77. The van der Waals surface area contributed by atoms with Gasteiger partial charge < -0.3 is 10.1 Å². The van der Waals surface area contributed by atoms with Gasteiger partial charge in [0, 0.05) is 5.69 Å². The lowest BCUT2D eigenvalue weighted by atomic mass is 10.1. The number of benzene rings is 2. The monoisotopic (exact) mass is 324 g/mol. The molecule has 0 unspecified atom stereocenters. The number of para-hydroxylation sites is 1. The topological polar surface area (TPSA) is 41.6 Å². The van der Waals surface area contributed by atoms with E-state index in [1.807, 2.05) is 49.4 Å². The molecular weight excluding hydrogens is 300 g/mol. The molecule has 0 radical (unpaired) electrons. The fraction of sp³-hybridized carbons (Fsp3) is 0.350. The van der Waals surface area contributed by atoms with Crippen LogP contribution < -0.4 is 15.0 Å². The van der Waals surface area contributed by atoms with Crippen molar-refractivity contribution in [2.75, 3.05) is 16.8 Å². The van der Waals surface area contributed by atoms with E-state index in [-0.39, 0.29) is 12.1 Å². The smallest absolute Gasteiger partial charge is 0.326 e. The highest BCUT2D eigenvalue weighted by atomic mass is 16.5. The Hall–Kier alpha value is -2.49. The number of carbonyl (C=O) groups excluding carboxylic acids is 1. The minimum Gasteiger partial charge on any atom is -0.486 e. The first-order valence-corrected chi connectivity index (χ1v) is 8.56. The van der Waals surface area contributed by atoms with E-state index >= 15 is 0 Å². The molecule has 1 aliphatic rings. The van der Waals surface area contributed by atoms with Gasteiger partial charge in [0.05, 0.1) is 12.2 Å². The Kier molecular flexibility index (Phi) is 4.74. The van der Waals surface area contributed by atoms with Gasteiger partial charge in [0.1, 0.15) is 11.9 Å². The van der Waals surface area contributed by atoms with Gasteiger partial charge in [-0.1, -0.05) is 38.1 Å². The quantitative estimate of drug-likeness (QED) is 0.884. The second-order valence-electron chi connectivity index (χ2n) is 6.17. The average molecular weight is 324 g/mol. The molecule has 4 nitrogen and oxygen atoms in total. The third-order valence-electron chi connectivity index (χ3n) is 4.43. The summed E-state index contributed by atoms with van der Waals surface area (Å²) < 4.78 is 5.99. The molecule has 0 aliphatic carbocycles. The van der Waals surface area contributed by atoms with Crippen LogP contribution in [0.5, 0.6) is 5.75 Å². The zero-order chi connectivity index (χ0) is 17.1. The highest BCUT2D eigenvalue weighted by Crippen LogP contribution is 2.35. The fourth-order valence-electron chi connectivity index (χ4n) is 2.99. The molecule has 0 bridgehead atoms. The first-order chi connectivity index (χ1) is 11.6. The molecule has 126 valence electrons. The second-order valence-corrected chi connectivity index (χ2v) is 6.17. The number of nitrogens with one attached hydrogen (secondary N) is 1. The first kappa shape index (κ1) is 16.4. The minimum absolute atomic E-state index is 0.0207. The maximum Gasteiger partial charge on any atom is 0.326 e. The summed E-state index contributed by atoms with van der Waals surface area (Å²) in [5.74, 6) is 0.776. The largest absolute Gasteiger partial charge is 0.486 e. The number of fused-ring (bicyclic) bond motifs is 1. The van der Waals surface area contributed by atoms with Crippen LogP contribution in [0.25, 0.3) is 0 Å². The van der Waals surface area contributed by atoms with Crippen molar-refractivity contribution in [1.82, 2.24) is 0 Å². The van der Waals surface area contributed by atoms with Gasteiger partial charge in [-0.3, -0.25) is 4.90 Å². The summed E-state index contributed by atoms with van der Waals surface area (Å²) in [6, 6.07) is 13.8. The van der Waals surface area contributed by atoms with E-state index in [1.165, 1.54) is 0 Å². The molecule has 0 aromatic heterocycles. The van der Waals surface area contributed by atoms with Gasteiger partial charge >= 0.3 is 6.03 Å². The number of aryl methyl sites for hydroxylation is 2. The van der Waals surface area contributed by atoms with Gasteiger partial charge in [0.25, 0.3) is 0 Å². The summed E-state index contributed by atoms with van der Waals surface area (Å²) in [4.78, 5) is 14.7. The van der Waals surface area contributed by atoms with Crippen LogP contribution in [0.1, 0.15) is 31.4 Å². The van der Waals surface area contributed by atoms with Crippen molar-refractivity contribution in [3.63, 3.8) is 0 Å². The van der Waals surface area contributed by atoms with Crippen molar-refractivity contribution in [1.29, 1.82) is 0 Å². The average Bonchev–Trinajstić information content (AvgIpc) is 2.61. The summed E-state index contributed by atoms with van der Waals surface area (Å²) in [5.41, 5.74) is 3.96. The number of nitrogens with zero attached hydrogens (tertiary/aromatic N) is 1. The van der Waals surface area contributed by atoms with Crippen LogP contribution in [0.4, 0.5) is 16.2 Å². The Morgan fingerprint density at radius 1 is 1.25 bits per heavy atom. The van der Waals surface area contributed by atoms with Crippen LogP contribution in [0.3, 0.4) is 0 Å². The van der Waals surface area contributed by atoms with Crippen LogP contribution in [0.15, 0.2) is 42.5 Å². The fourth-order valence-corrected chi connectivity index (χ4v) is 2.99. The number of rotatable bonds is 3. The van der Waals surface area contributed by atoms with Gasteiger partial charge in [-0.05, 0) is 49.1 Å². The van der Waals surface area contributed by atoms with Gasteiger partial charge in [-0.15, -0.1) is 0 Å². The molecule has 0 saturated carbocycles. The zero-order valence-corrected chi connectivity index (χ0v) is 14.5.